The summed E-state index contributed by atoms with van der Waals surface area (Å²) in [6, 6.07) is 26.7. The van der Waals surface area contributed by atoms with Crippen molar-refractivity contribution in [2.75, 3.05) is 18.9 Å². The SMILES string of the molecule is O=C(O)CCCNC(=O)OCC1=C(C(=O)OC(c2ccccc2)c2ccccc2)N2C(=O)[C@@H](NC(=O)Cc3ccccc3)[C@H]2SC1. The van der Waals surface area contributed by atoms with Crippen molar-refractivity contribution in [1.29, 1.82) is 0 Å². The maximum atomic E-state index is 14.0. The van der Waals surface area contributed by atoms with Crippen LogP contribution in [0, 0.1) is 0 Å². The molecule has 0 saturated carbocycles. The van der Waals surface area contributed by atoms with Crippen LogP contribution in [0.25, 0.3) is 0 Å². The number of rotatable bonds is 13. The zero-order valence-electron chi connectivity index (χ0n) is 24.8. The number of alkyl carbamates (subject to hydrolysis) is 1. The van der Waals surface area contributed by atoms with Crippen LogP contribution in [-0.2, 0) is 35.1 Å². The Morgan fingerprint density at radius 3 is 2.13 bits per heavy atom. The summed E-state index contributed by atoms with van der Waals surface area (Å²) in [5.74, 6) is -2.31. The van der Waals surface area contributed by atoms with Gasteiger partial charge in [0.05, 0.1) is 6.42 Å². The summed E-state index contributed by atoms with van der Waals surface area (Å²) in [6.45, 7) is -0.203. The fourth-order valence-electron chi connectivity index (χ4n) is 5.17. The van der Waals surface area contributed by atoms with E-state index < -0.39 is 41.5 Å². The van der Waals surface area contributed by atoms with Gasteiger partial charge in [0, 0.05) is 24.3 Å². The van der Waals surface area contributed by atoms with Crippen LogP contribution < -0.4 is 10.6 Å². The summed E-state index contributed by atoms with van der Waals surface area (Å²) in [4.78, 5) is 64.7. The van der Waals surface area contributed by atoms with Gasteiger partial charge in [-0.15, -0.1) is 11.8 Å². The second-order valence-corrected chi connectivity index (χ2v) is 11.8. The molecule has 0 spiro atoms. The molecule has 1 saturated heterocycles. The summed E-state index contributed by atoms with van der Waals surface area (Å²) in [5.41, 5.74) is 2.59. The lowest BCUT2D eigenvalue weighted by Crippen LogP contribution is -2.70. The number of carbonyl (C=O) groups is 5. The number of hydrogen-bond donors (Lipinski definition) is 3. The van der Waals surface area contributed by atoms with E-state index in [-0.39, 0.29) is 49.8 Å². The van der Waals surface area contributed by atoms with Crippen LogP contribution in [0.4, 0.5) is 4.79 Å². The number of aliphatic carboxylic acids is 1. The zero-order valence-corrected chi connectivity index (χ0v) is 25.6. The molecule has 2 aliphatic rings. The van der Waals surface area contributed by atoms with E-state index >= 15 is 0 Å². The van der Waals surface area contributed by atoms with Crippen molar-refractivity contribution in [1.82, 2.24) is 15.5 Å². The standard InChI is InChI=1S/C34H33N3O8S/c38-26(19-22-11-4-1-5-12-22)36-28-31(41)37-29(25(21-46-32(28)37)20-44-34(43)35-18-10-17-27(39)40)33(42)45-30(23-13-6-2-7-14-23)24-15-8-3-9-16-24/h1-9,11-16,28,30,32H,10,17-21H2,(H,35,43)(H,36,38)(H,39,40)/t28-,32-/m1/s1. The molecule has 0 bridgehead atoms. The van der Waals surface area contributed by atoms with Gasteiger partial charge in [0.1, 0.15) is 23.7 Å². The second kappa shape index (κ2) is 15.3. The Morgan fingerprint density at radius 2 is 1.52 bits per heavy atom. The van der Waals surface area contributed by atoms with E-state index in [9.17, 15) is 24.0 Å². The number of thioether (sulfide) groups is 1. The third-order valence-corrected chi connectivity index (χ3v) is 8.75. The van der Waals surface area contributed by atoms with E-state index in [1.54, 1.807) is 0 Å². The number of nitrogens with zero attached hydrogens (tertiary/aromatic N) is 1. The lowest BCUT2D eigenvalue weighted by atomic mass is 10.0. The molecule has 2 heterocycles. The number of carboxylic acids is 1. The van der Waals surface area contributed by atoms with Crippen molar-refractivity contribution < 1.29 is 38.6 Å². The minimum absolute atomic E-state index is 0.0298. The molecular weight excluding hydrogens is 610 g/mol. The highest BCUT2D eigenvalue weighted by Crippen LogP contribution is 2.41. The second-order valence-electron chi connectivity index (χ2n) is 10.7. The lowest BCUT2D eigenvalue weighted by Gasteiger charge is -2.49. The van der Waals surface area contributed by atoms with E-state index in [1.807, 2.05) is 91.0 Å². The molecular formula is C34H33N3O8S. The third-order valence-electron chi connectivity index (χ3n) is 7.41. The molecule has 46 heavy (non-hydrogen) atoms. The monoisotopic (exact) mass is 643 g/mol. The van der Waals surface area contributed by atoms with Gasteiger partial charge in [0.15, 0.2) is 6.10 Å². The highest BCUT2D eigenvalue weighted by Gasteiger charge is 2.54. The number of carbonyl (C=O) groups excluding carboxylic acids is 4. The molecule has 0 aliphatic carbocycles. The summed E-state index contributed by atoms with van der Waals surface area (Å²) in [6.07, 6.45) is -1.35. The molecule has 0 radical (unpaired) electrons. The van der Waals surface area contributed by atoms with Gasteiger partial charge in [0.25, 0.3) is 5.91 Å². The Balaban J connectivity index is 1.35. The third kappa shape index (κ3) is 7.94. The van der Waals surface area contributed by atoms with Crippen molar-refractivity contribution in [2.24, 2.45) is 0 Å². The van der Waals surface area contributed by atoms with Crippen LogP contribution in [0.5, 0.6) is 0 Å². The highest BCUT2D eigenvalue weighted by molar-refractivity contribution is 8.00. The summed E-state index contributed by atoms with van der Waals surface area (Å²) >= 11 is 1.34. The number of carboxylic acid groups (broad SMARTS) is 1. The average Bonchev–Trinajstić information content (AvgIpc) is 3.07. The van der Waals surface area contributed by atoms with Gasteiger partial charge in [-0.1, -0.05) is 91.0 Å². The topological polar surface area (TPSA) is 151 Å². The van der Waals surface area contributed by atoms with E-state index in [1.165, 1.54) is 16.7 Å². The molecule has 11 nitrogen and oxygen atoms in total. The highest BCUT2D eigenvalue weighted by atomic mass is 32.2. The minimum Gasteiger partial charge on any atom is -0.481 e. The first-order valence-corrected chi connectivity index (χ1v) is 15.8. The number of hydrogen-bond acceptors (Lipinski definition) is 8. The average molecular weight is 644 g/mol. The predicted octanol–water partition coefficient (Wildman–Crippen LogP) is 3.81. The number of nitrogens with one attached hydrogen (secondary N) is 2. The summed E-state index contributed by atoms with van der Waals surface area (Å²) in [5, 5.41) is 13.5. The Morgan fingerprint density at radius 1 is 0.913 bits per heavy atom. The molecule has 0 aromatic heterocycles. The van der Waals surface area contributed by atoms with E-state index in [2.05, 4.69) is 10.6 Å². The van der Waals surface area contributed by atoms with E-state index in [4.69, 9.17) is 14.6 Å². The van der Waals surface area contributed by atoms with E-state index in [0.717, 1.165) is 16.7 Å². The maximum absolute atomic E-state index is 14.0. The van der Waals surface area contributed by atoms with Crippen molar-refractivity contribution in [3.05, 3.63) is 119 Å². The van der Waals surface area contributed by atoms with Gasteiger partial charge in [-0.25, -0.2) is 9.59 Å². The largest absolute Gasteiger partial charge is 0.481 e. The molecule has 3 amide bonds. The van der Waals surface area contributed by atoms with Crippen molar-refractivity contribution in [3.8, 4) is 0 Å². The van der Waals surface area contributed by atoms with Gasteiger partial charge in [-0.3, -0.25) is 19.3 Å². The summed E-state index contributed by atoms with van der Waals surface area (Å²) < 4.78 is 11.5. The quantitative estimate of drug-likeness (QED) is 0.144. The number of benzene rings is 3. The normalized spacial score (nSPS) is 17.1. The Bertz CT molecular complexity index is 1560. The van der Waals surface area contributed by atoms with Crippen LogP contribution in [0.3, 0.4) is 0 Å². The zero-order chi connectivity index (χ0) is 32.5. The van der Waals surface area contributed by atoms with Crippen LogP contribution in [0.1, 0.15) is 35.6 Å². The smallest absolute Gasteiger partial charge is 0.407 e. The number of amides is 3. The minimum atomic E-state index is -0.977. The first-order valence-electron chi connectivity index (χ1n) is 14.7. The first-order chi connectivity index (χ1) is 22.3. The van der Waals surface area contributed by atoms with Gasteiger partial charge < -0.3 is 25.2 Å². The fourth-order valence-corrected chi connectivity index (χ4v) is 6.50. The number of β-lactam (4-membered cyclic amide) rings is 1. The van der Waals surface area contributed by atoms with E-state index in [0.29, 0.717) is 5.57 Å². The summed E-state index contributed by atoms with van der Waals surface area (Å²) in [7, 11) is 0. The number of esters is 1. The molecule has 2 atom stereocenters. The predicted molar refractivity (Wildman–Crippen MR) is 169 cm³/mol. The van der Waals surface area contributed by atoms with Crippen molar-refractivity contribution in [2.45, 2.75) is 36.8 Å². The Labute approximate surface area is 269 Å². The molecule has 5 rings (SSSR count). The molecule has 3 aromatic carbocycles. The molecule has 0 unspecified atom stereocenters. The molecule has 12 heteroatoms. The fraction of sp³-hybridized carbons (Fsp3) is 0.265. The number of ether oxygens (including phenoxy) is 2. The van der Waals surface area contributed by atoms with Crippen LogP contribution in [-0.4, -0.2) is 70.2 Å². The van der Waals surface area contributed by atoms with Gasteiger partial charge >= 0.3 is 18.0 Å². The van der Waals surface area contributed by atoms with Gasteiger partial charge in [-0.2, -0.15) is 0 Å². The van der Waals surface area contributed by atoms with Gasteiger partial charge in [-0.05, 0) is 23.1 Å². The lowest BCUT2D eigenvalue weighted by molar-refractivity contribution is -0.154. The van der Waals surface area contributed by atoms with Crippen molar-refractivity contribution >= 4 is 41.6 Å². The molecule has 2 aliphatic heterocycles. The first kappa shape index (κ1) is 32.3. The van der Waals surface area contributed by atoms with Crippen LogP contribution >= 0.6 is 11.8 Å². The molecule has 3 aromatic rings. The van der Waals surface area contributed by atoms with Crippen LogP contribution in [0.15, 0.2) is 102 Å². The maximum Gasteiger partial charge on any atom is 0.407 e. The van der Waals surface area contributed by atoms with Gasteiger partial charge in [0.2, 0.25) is 5.91 Å². The molecule has 238 valence electrons. The Hall–Kier alpha value is -5.10. The van der Waals surface area contributed by atoms with Crippen molar-refractivity contribution in [3.63, 3.8) is 0 Å². The Kier molecular flexibility index (Phi) is 10.7. The number of fused-ring (bicyclic) bond motifs is 1. The molecule has 3 N–H and O–H groups in total. The molecule has 1 fully saturated rings. The van der Waals surface area contributed by atoms with Crippen LogP contribution in [0.2, 0.25) is 0 Å².